The molecule has 0 aromatic heterocycles. The third kappa shape index (κ3) is 4.54. The molecule has 0 N–H and O–H groups in total. The fourth-order valence-corrected chi connectivity index (χ4v) is 4.63. The van der Waals surface area contributed by atoms with Crippen LogP contribution in [0.25, 0.3) is 6.08 Å². The minimum Gasteiger partial charge on any atom is -0.493 e. The van der Waals surface area contributed by atoms with Crippen LogP contribution in [-0.4, -0.2) is 48.8 Å². The number of hydrogen-bond acceptors (Lipinski definition) is 5. The van der Waals surface area contributed by atoms with Gasteiger partial charge in [-0.15, -0.1) is 0 Å². The third-order valence-corrected chi connectivity index (χ3v) is 6.33. The maximum atomic E-state index is 12.5. The maximum absolute atomic E-state index is 12.5. The summed E-state index contributed by atoms with van der Waals surface area (Å²) < 4.78 is 5.82. The Balaban J connectivity index is 1.42. The highest BCUT2D eigenvalue weighted by Gasteiger charge is 2.29. The van der Waals surface area contributed by atoms with Gasteiger partial charge in [0.25, 0.3) is 5.91 Å². The van der Waals surface area contributed by atoms with Crippen molar-refractivity contribution in [3.63, 3.8) is 0 Å². The van der Waals surface area contributed by atoms with Gasteiger partial charge < -0.3 is 14.5 Å². The first-order valence-corrected chi connectivity index (χ1v) is 11.3. The van der Waals surface area contributed by atoms with E-state index < -0.39 is 0 Å². The molecule has 4 rings (SSSR count). The summed E-state index contributed by atoms with van der Waals surface area (Å²) in [6.07, 6.45) is 2.85. The molecule has 2 aromatic carbocycles. The maximum Gasteiger partial charge on any atom is 0.286 e. The van der Waals surface area contributed by atoms with E-state index in [1.165, 1.54) is 23.0 Å². The van der Waals surface area contributed by atoms with E-state index in [-0.39, 0.29) is 5.91 Å². The fourth-order valence-electron chi connectivity index (χ4n) is 3.67. The highest BCUT2D eigenvalue weighted by atomic mass is 32.2. The van der Waals surface area contributed by atoms with Crippen LogP contribution in [0.4, 0.5) is 5.69 Å². The van der Waals surface area contributed by atoms with Gasteiger partial charge in [0.05, 0.1) is 11.5 Å². The lowest BCUT2D eigenvalue weighted by Gasteiger charge is -2.37. The van der Waals surface area contributed by atoms with Crippen LogP contribution < -0.4 is 9.64 Å². The molecule has 0 atom stereocenters. The van der Waals surface area contributed by atoms with Crippen molar-refractivity contribution in [1.82, 2.24) is 4.90 Å². The number of aryl methyl sites for hydroxylation is 1. The number of aliphatic imine (C=N–C) groups is 1. The zero-order valence-corrected chi connectivity index (χ0v) is 18.3. The molecule has 30 heavy (non-hydrogen) atoms. The number of carbonyl (C=O) groups excluding carboxylic acids is 1. The quantitative estimate of drug-likeness (QED) is 0.662. The zero-order valence-electron chi connectivity index (χ0n) is 17.5. The van der Waals surface area contributed by atoms with E-state index in [1.807, 2.05) is 30.3 Å². The number of rotatable bonds is 5. The summed E-state index contributed by atoms with van der Waals surface area (Å²) in [5, 5.41) is 0.808. The second-order valence-corrected chi connectivity index (χ2v) is 8.47. The number of anilines is 1. The van der Waals surface area contributed by atoms with Crippen molar-refractivity contribution in [3.05, 3.63) is 64.6 Å². The molecule has 2 aliphatic heterocycles. The summed E-state index contributed by atoms with van der Waals surface area (Å²) in [7, 11) is 0. The largest absolute Gasteiger partial charge is 0.493 e. The number of piperazine rings is 1. The first kappa shape index (κ1) is 20.5. The van der Waals surface area contributed by atoms with E-state index in [1.54, 1.807) is 0 Å². The van der Waals surface area contributed by atoms with E-state index in [9.17, 15) is 4.79 Å². The number of para-hydroxylation sites is 2. The SMILES string of the molecule is CCCOc1ccccc1/C=C1\SC(N2CCN(c3ccccc3C)CC2)=NC1=O. The lowest BCUT2D eigenvalue weighted by molar-refractivity contribution is -0.113. The van der Waals surface area contributed by atoms with Gasteiger partial charge in [-0.25, -0.2) is 0 Å². The number of hydrogen-bond donors (Lipinski definition) is 0. The molecule has 0 unspecified atom stereocenters. The molecule has 6 heteroatoms. The Morgan fingerprint density at radius 1 is 1.03 bits per heavy atom. The van der Waals surface area contributed by atoms with Gasteiger partial charge in [0, 0.05) is 37.4 Å². The Hall–Kier alpha value is -2.73. The molecule has 0 spiro atoms. The van der Waals surface area contributed by atoms with Gasteiger partial charge in [-0.2, -0.15) is 4.99 Å². The fraction of sp³-hybridized carbons (Fsp3) is 0.333. The van der Waals surface area contributed by atoms with Gasteiger partial charge in [0.1, 0.15) is 5.75 Å². The van der Waals surface area contributed by atoms with Crippen molar-refractivity contribution in [1.29, 1.82) is 0 Å². The lowest BCUT2D eigenvalue weighted by atomic mass is 10.1. The molecule has 2 heterocycles. The Kier molecular flexibility index (Phi) is 6.43. The number of nitrogens with zero attached hydrogens (tertiary/aromatic N) is 3. The van der Waals surface area contributed by atoms with Gasteiger partial charge in [-0.1, -0.05) is 43.3 Å². The summed E-state index contributed by atoms with van der Waals surface area (Å²) >= 11 is 1.47. The third-order valence-electron chi connectivity index (χ3n) is 5.28. The molecular weight excluding hydrogens is 394 g/mol. The van der Waals surface area contributed by atoms with Crippen molar-refractivity contribution >= 4 is 34.6 Å². The van der Waals surface area contributed by atoms with E-state index in [2.05, 4.69) is 52.9 Å². The summed E-state index contributed by atoms with van der Waals surface area (Å²) in [6, 6.07) is 16.3. The van der Waals surface area contributed by atoms with Gasteiger partial charge in [0.2, 0.25) is 0 Å². The highest BCUT2D eigenvalue weighted by Crippen LogP contribution is 2.33. The lowest BCUT2D eigenvalue weighted by Crippen LogP contribution is -2.48. The van der Waals surface area contributed by atoms with Crippen LogP contribution in [0.15, 0.2) is 58.4 Å². The van der Waals surface area contributed by atoms with Crippen LogP contribution in [0.5, 0.6) is 5.75 Å². The summed E-state index contributed by atoms with van der Waals surface area (Å²) in [5.41, 5.74) is 3.50. The molecule has 0 radical (unpaired) electrons. The number of carbonyl (C=O) groups is 1. The average Bonchev–Trinajstić information content (AvgIpc) is 3.14. The van der Waals surface area contributed by atoms with Crippen LogP contribution in [0, 0.1) is 6.92 Å². The van der Waals surface area contributed by atoms with Crippen LogP contribution in [0.3, 0.4) is 0 Å². The molecule has 2 aliphatic rings. The minimum absolute atomic E-state index is 0.165. The van der Waals surface area contributed by atoms with E-state index in [0.717, 1.165) is 49.1 Å². The predicted molar refractivity (Wildman–Crippen MR) is 125 cm³/mol. The molecule has 1 fully saturated rings. The number of thioether (sulfide) groups is 1. The van der Waals surface area contributed by atoms with Crippen molar-refractivity contribution < 1.29 is 9.53 Å². The molecule has 5 nitrogen and oxygen atoms in total. The number of benzene rings is 2. The van der Waals surface area contributed by atoms with Crippen molar-refractivity contribution in [2.45, 2.75) is 20.3 Å². The standard InChI is InChI=1S/C24H27N3O2S/c1-3-16-29-21-11-7-5-9-19(21)17-22-23(28)25-24(30-22)27-14-12-26(13-15-27)20-10-6-4-8-18(20)2/h4-11,17H,3,12-16H2,1-2H3/b22-17-. The Morgan fingerprint density at radius 3 is 2.50 bits per heavy atom. The predicted octanol–water partition coefficient (Wildman–Crippen LogP) is 4.58. The summed E-state index contributed by atoms with van der Waals surface area (Å²) in [5.74, 6) is 0.641. The van der Waals surface area contributed by atoms with Crippen LogP contribution in [0.2, 0.25) is 0 Å². The molecule has 0 saturated carbocycles. The van der Waals surface area contributed by atoms with Gasteiger partial charge in [-0.05, 0) is 48.9 Å². The van der Waals surface area contributed by atoms with E-state index in [4.69, 9.17) is 4.74 Å². The molecule has 1 amide bonds. The van der Waals surface area contributed by atoms with Gasteiger partial charge in [0.15, 0.2) is 5.17 Å². The molecule has 0 aliphatic carbocycles. The Morgan fingerprint density at radius 2 is 1.73 bits per heavy atom. The topological polar surface area (TPSA) is 45.1 Å². The highest BCUT2D eigenvalue weighted by molar-refractivity contribution is 8.18. The monoisotopic (exact) mass is 421 g/mol. The summed E-state index contributed by atoms with van der Waals surface area (Å²) in [6.45, 7) is 8.45. The average molecular weight is 422 g/mol. The Bertz CT molecular complexity index is 978. The molecule has 156 valence electrons. The molecule has 1 saturated heterocycles. The van der Waals surface area contributed by atoms with E-state index >= 15 is 0 Å². The van der Waals surface area contributed by atoms with Crippen LogP contribution in [0.1, 0.15) is 24.5 Å². The van der Waals surface area contributed by atoms with Crippen molar-refractivity contribution in [2.24, 2.45) is 4.99 Å². The first-order valence-electron chi connectivity index (χ1n) is 10.5. The summed E-state index contributed by atoms with van der Waals surface area (Å²) in [4.78, 5) is 22.1. The Labute approximate surface area is 182 Å². The normalized spacial score (nSPS) is 18.1. The second kappa shape index (κ2) is 9.39. The smallest absolute Gasteiger partial charge is 0.286 e. The number of ether oxygens (including phenoxy) is 1. The van der Waals surface area contributed by atoms with Crippen molar-refractivity contribution in [2.75, 3.05) is 37.7 Å². The molecule has 0 bridgehead atoms. The number of amidine groups is 1. The van der Waals surface area contributed by atoms with Gasteiger partial charge in [-0.3, -0.25) is 4.79 Å². The van der Waals surface area contributed by atoms with Crippen molar-refractivity contribution in [3.8, 4) is 5.75 Å². The zero-order chi connectivity index (χ0) is 20.9. The van der Waals surface area contributed by atoms with Gasteiger partial charge >= 0.3 is 0 Å². The van der Waals surface area contributed by atoms with Crippen LogP contribution in [-0.2, 0) is 4.79 Å². The second-order valence-electron chi connectivity index (χ2n) is 7.46. The first-order chi connectivity index (χ1) is 14.7. The van der Waals surface area contributed by atoms with Crippen LogP contribution >= 0.6 is 11.8 Å². The van der Waals surface area contributed by atoms with E-state index in [0.29, 0.717) is 11.5 Å². The number of amides is 1. The molecular formula is C24H27N3O2S. The molecule has 2 aromatic rings. The minimum atomic E-state index is -0.165.